The van der Waals surface area contributed by atoms with Crippen LogP contribution in [0.3, 0.4) is 0 Å². The van der Waals surface area contributed by atoms with Crippen LogP contribution in [0.5, 0.6) is 0 Å². The van der Waals surface area contributed by atoms with E-state index in [4.69, 9.17) is 4.74 Å². The van der Waals surface area contributed by atoms with Crippen LogP contribution in [-0.2, 0) is 4.74 Å². The molecular weight excluding hydrogens is 112 g/mol. The van der Waals surface area contributed by atoms with Gasteiger partial charge in [-0.2, -0.15) is 0 Å². The van der Waals surface area contributed by atoms with E-state index in [1.54, 1.807) is 0 Å². The molecule has 2 aliphatic carbocycles. The predicted octanol–water partition coefficient (Wildman–Crippen LogP) is 1.60. The number of fused-ring (bicyclic) bond motifs is 1. The van der Waals surface area contributed by atoms with Gasteiger partial charge in [-0.1, -0.05) is 12.2 Å². The molecule has 0 aromatic rings. The summed E-state index contributed by atoms with van der Waals surface area (Å²) in [6, 6.07) is 0. The van der Waals surface area contributed by atoms with Crippen molar-refractivity contribution in [2.24, 2.45) is 11.8 Å². The Morgan fingerprint density at radius 3 is 3.11 bits per heavy atom. The molecule has 0 unspecified atom stereocenters. The van der Waals surface area contributed by atoms with Gasteiger partial charge in [0, 0.05) is 13.0 Å². The van der Waals surface area contributed by atoms with Crippen LogP contribution in [0.15, 0.2) is 12.2 Å². The van der Waals surface area contributed by atoms with Gasteiger partial charge in [-0.15, -0.1) is 0 Å². The molecule has 1 heteroatoms. The highest BCUT2D eigenvalue weighted by atomic mass is 16.5. The minimum Gasteiger partial charge on any atom is -0.381 e. The van der Waals surface area contributed by atoms with E-state index in [2.05, 4.69) is 12.2 Å². The van der Waals surface area contributed by atoms with Crippen molar-refractivity contribution in [1.82, 2.24) is 0 Å². The molecule has 2 aliphatic rings. The Bertz CT molecular complexity index is 140. The van der Waals surface area contributed by atoms with Crippen molar-refractivity contribution in [2.75, 3.05) is 7.11 Å². The van der Waals surface area contributed by atoms with Crippen molar-refractivity contribution in [3.05, 3.63) is 12.2 Å². The van der Waals surface area contributed by atoms with Gasteiger partial charge in [0.2, 0.25) is 0 Å². The topological polar surface area (TPSA) is 9.23 Å². The van der Waals surface area contributed by atoms with E-state index >= 15 is 0 Å². The number of methoxy groups -OCH3 is 1. The minimum absolute atomic E-state index is 0.550. The lowest BCUT2D eigenvalue weighted by Crippen LogP contribution is -2.38. The summed E-state index contributed by atoms with van der Waals surface area (Å²) in [4.78, 5) is 0. The second-order valence-corrected chi connectivity index (χ2v) is 3.01. The van der Waals surface area contributed by atoms with Crippen LogP contribution in [0.4, 0.5) is 0 Å². The first-order valence-electron chi connectivity index (χ1n) is 3.61. The maximum absolute atomic E-state index is 5.25. The Hall–Kier alpha value is -0.300. The van der Waals surface area contributed by atoms with Gasteiger partial charge in [0.15, 0.2) is 0 Å². The zero-order valence-electron chi connectivity index (χ0n) is 5.71. The molecule has 50 valence electrons. The maximum atomic E-state index is 5.25. The molecule has 0 aromatic heterocycles. The molecule has 2 rings (SSSR count). The predicted molar refractivity (Wildman–Crippen MR) is 36.2 cm³/mol. The molecule has 3 atom stereocenters. The Kier molecular flexibility index (Phi) is 1.12. The zero-order valence-corrected chi connectivity index (χ0v) is 5.71. The van der Waals surface area contributed by atoms with E-state index in [-0.39, 0.29) is 0 Å². The quantitative estimate of drug-likeness (QED) is 0.482. The summed E-state index contributed by atoms with van der Waals surface area (Å²) in [5.41, 5.74) is 0. The smallest absolute Gasteiger partial charge is 0.0639 e. The summed E-state index contributed by atoms with van der Waals surface area (Å²) < 4.78 is 5.25. The van der Waals surface area contributed by atoms with Crippen LogP contribution in [-0.4, -0.2) is 13.2 Å². The molecule has 1 nitrogen and oxygen atoms in total. The lowest BCUT2D eigenvalue weighted by molar-refractivity contribution is -0.0332. The van der Waals surface area contributed by atoms with Gasteiger partial charge in [0.1, 0.15) is 0 Å². The van der Waals surface area contributed by atoms with Crippen molar-refractivity contribution >= 4 is 0 Å². The van der Waals surface area contributed by atoms with Gasteiger partial charge in [-0.05, 0) is 18.8 Å². The highest BCUT2D eigenvalue weighted by molar-refractivity contribution is 5.10. The average molecular weight is 124 g/mol. The standard InChI is InChI=1S/C8H12O/c1-9-8-5-6-3-2-4-7(6)8/h2,4,6-8H,3,5H2,1H3/t6-,7-,8+/m1/s1. The normalized spacial score (nSPS) is 46.6. The van der Waals surface area contributed by atoms with Crippen molar-refractivity contribution < 1.29 is 4.74 Å². The Labute approximate surface area is 55.7 Å². The molecule has 1 fully saturated rings. The summed E-state index contributed by atoms with van der Waals surface area (Å²) in [6.07, 6.45) is 7.73. The van der Waals surface area contributed by atoms with E-state index in [0.717, 1.165) is 11.8 Å². The summed E-state index contributed by atoms with van der Waals surface area (Å²) in [5.74, 6) is 1.71. The van der Waals surface area contributed by atoms with E-state index in [0.29, 0.717) is 6.10 Å². The molecule has 1 saturated carbocycles. The third kappa shape index (κ3) is 0.645. The van der Waals surface area contributed by atoms with Crippen molar-refractivity contribution in [2.45, 2.75) is 18.9 Å². The SMILES string of the molecule is CO[C@H]1C[C@H]2CC=C[C@H]21. The summed E-state index contributed by atoms with van der Waals surface area (Å²) in [6.45, 7) is 0. The van der Waals surface area contributed by atoms with Crippen molar-refractivity contribution in [3.8, 4) is 0 Å². The number of ether oxygens (including phenoxy) is 1. The number of hydrogen-bond donors (Lipinski definition) is 0. The van der Waals surface area contributed by atoms with Gasteiger partial charge in [-0.25, -0.2) is 0 Å². The highest BCUT2D eigenvalue weighted by Gasteiger charge is 2.40. The molecule has 0 N–H and O–H groups in total. The van der Waals surface area contributed by atoms with Gasteiger partial charge < -0.3 is 4.74 Å². The average Bonchev–Trinajstić information content (AvgIpc) is 2.14. The molecule has 0 heterocycles. The second-order valence-electron chi connectivity index (χ2n) is 3.01. The highest BCUT2D eigenvalue weighted by Crippen LogP contribution is 2.43. The number of allylic oxidation sites excluding steroid dienone is 1. The molecule has 0 aromatic carbocycles. The monoisotopic (exact) mass is 124 g/mol. The van der Waals surface area contributed by atoms with Crippen LogP contribution in [0.2, 0.25) is 0 Å². The largest absolute Gasteiger partial charge is 0.381 e. The maximum Gasteiger partial charge on any atom is 0.0639 e. The first kappa shape index (κ1) is 5.48. The fourth-order valence-electron chi connectivity index (χ4n) is 1.92. The van der Waals surface area contributed by atoms with Crippen molar-refractivity contribution in [1.29, 1.82) is 0 Å². The lowest BCUT2D eigenvalue weighted by atomic mass is 9.73. The lowest BCUT2D eigenvalue weighted by Gasteiger charge is -2.38. The number of rotatable bonds is 1. The third-order valence-corrected chi connectivity index (χ3v) is 2.61. The molecule has 0 radical (unpaired) electrons. The Morgan fingerprint density at radius 1 is 1.56 bits per heavy atom. The molecule has 0 spiro atoms. The molecule has 0 aliphatic heterocycles. The van der Waals surface area contributed by atoms with Gasteiger partial charge >= 0.3 is 0 Å². The van der Waals surface area contributed by atoms with E-state index in [1.165, 1.54) is 12.8 Å². The summed E-state index contributed by atoms with van der Waals surface area (Å²) >= 11 is 0. The van der Waals surface area contributed by atoms with Crippen LogP contribution in [0, 0.1) is 11.8 Å². The Morgan fingerprint density at radius 2 is 2.44 bits per heavy atom. The van der Waals surface area contributed by atoms with Gasteiger partial charge in [0.05, 0.1) is 6.10 Å². The van der Waals surface area contributed by atoms with Crippen LogP contribution in [0.1, 0.15) is 12.8 Å². The fourth-order valence-corrected chi connectivity index (χ4v) is 1.92. The van der Waals surface area contributed by atoms with Crippen LogP contribution in [0.25, 0.3) is 0 Å². The molecule has 9 heavy (non-hydrogen) atoms. The minimum atomic E-state index is 0.550. The van der Waals surface area contributed by atoms with Crippen LogP contribution >= 0.6 is 0 Å². The van der Waals surface area contributed by atoms with Crippen LogP contribution < -0.4 is 0 Å². The van der Waals surface area contributed by atoms with Gasteiger partial charge in [0.25, 0.3) is 0 Å². The summed E-state index contributed by atoms with van der Waals surface area (Å²) in [5, 5.41) is 0. The van der Waals surface area contributed by atoms with E-state index in [1.807, 2.05) is 7.11 Å². The molecule has 0 saturated heterocycles. The third-order valence-electron chi connectivity index (χ3n) is 2.61. The van der Waals surface area contributed by atoms with Gasteiger partial charge in [-0.3, -0.25) is 0 Å². The van der Waals surface area contributed by atoms with Crippen molar-refractivity contribution in [3.63, 3.8) is 0 Å². The molecular formula is C8H12O. The second kappa shape index (κ2) is 1.84. The first-order chi connectivity index (χ1) is 4.42. The Balaban J connectivity index is 2.00. The first-order valence-corrected chi connectivity index (χ1v) is 3.61. The van der Waals surface area contributed by atoms with E-state index in [9.17, 15) is 0 Å². The fraction of sp³-hybridized carbons (Fsp3) is 0.750. The zero-order chi connectivity index (χ0) is 6.27. The van der Waals surface area contributed by atoms with E-state index < -0.39 is 0 Å². The number of hydrogen-bond acceptors (Lipinski definition) is 1. The molecule has 0 bridgehead atoms. The summed E-state index contributed by atoms with van der Waals surface area (Å²) in [7, 11) is 1.81. The molecule has 0 amide bonds.